The number of thiophene rings is 1. The minimum absolute atomic E-state index is 0.143. The summed E-state index contributed by atoms with van der Waals surface area (Å²) < 4.78 is 12.0. The fraction of sp³-hybridized carbons (Fsp3) is 0.250. The standard InChI is InChI=1S/C20H17NO3S/c22-20(19-10-14-3-1-2-4-18(14)25-19)21-8-7-15(11-21)13-5-6-16-17(9-13)24-12-23-16/h1-6,9-10,15H,7-8,11-12H2. The van der Waals surface area contributed by atoms with E-state index in [0.29, 0.717) is 12.7 Å². The second-order valence-corrected chi connectivity index (χ2v) is 7.58. The van der Waals surface area contributed by atoms with Crippen molar-refractivity contribution in [3.8, 4) is 11.5 Å². The number of nitrogens with zero attached hydrogens (tertiary/aromatic N) is 1. The summed E-state index contributed by atoms with van der Waals surface area (Å²) in [6.45, 7) is 1.85. The molecule has 5 rings (SSSR count). The Hall–Kier alpha value is -2.53. The molecule has 0 saturated carbocycles. The van der Waals surface area contributed by atoms with Crippen LogP contribution in [0.15, 0.2) is 48.5 Å². The third-order valence-corrected chi connectivity index (χ3v) is 6.08. The minimum Gasteiger partial charge on any atom is -0.454 e. The third kappa shape index (κ3) is 2.55. The molecule has 3 aromatic rings. The molecule has 126 valence electrons. The van der Waals surface area contributed by atoms with Crippen molar-refractivity contribution < 1.29 is 14.3 Å². The molecule has 0 N–H and O–H groups in total. The number of benzene rings is 2. The lowest BCUT2D eigenvalue weighted by Gasteiger charge is -2.16. The zero-order valence-electron chi connectivity index (χ0n) is 13.6. The first-order valence-corrected chi connectivity index (χ1v) is 9.27. The molecule has 3 heterocycles. The fourth-order valence-corrected chi connectivity index (χ4v) is 4.66. The molecule has 5 heteroatoms. The number of likely N-dealkylation sites (tertiary alicyclic amines) is 1. The highest BCUT2D eigenvalue weighted by molar-refractivity contribution is 7.20. The lowest BCUT2D eigenvalue weighted by molar-refractivity contribution is 0.0795. The van der Waals surface area contributed by atoms with Gasteiger partial charge in [-0.2, -0.15) is 0 Å². The lowest BCUT2D eigenvalue weighted by atomic mass is 9.98. The van der Waals surface area contributed by atoms with Gasteiger partial charge in [-0.3, -0.25) is 4.79 Å². The zero-order chi connectivity index (χ0) is 16.8. The van der Waals surface area contributed by atoms with Crippen molar-refractivity contribution in [1.29, 1.82) is 0 Å². The lowest BCUT2D eigenvalue weighted by Crippen LogP contribution is -2.27. The SMILES string of the molecule is O=C(c1cc2ccccc2s1)N1CCC(c2ccc3c(c2)OCO3)C1. The number of ether oxygens (including phenoxy) is 2. The molecule has 0 radical (unpaired) electrons. The highest BCUT2D eigenvalue weighted by Gasteiger charge is 2.29. The summed E-state index contributed by atoms with van der Waals surface area (Å²) in [5.74, 6) is 2.11. The van der Waals surface area contributed by atoms with Crippen LogP contribution < -0.4 is 9.47 Å². The summed E-state index contributed by atoms with van der Waals surface area (Å²) in [5.41, 5.74) is 1.22. The van der Waals surface area contributed by atoms with E-state index in [2.05, 4.69) is 24.3 Å². The Morgan fingerprint density at radius 1 is 1.08 bits per heavy atom. The van der Waals surface area contributed by atoms with Crippen molar-refractivity contribution in [3.63, 3.8) is 0 Å². The van der Waals surface area contributed by atoms with Crippen molar-refractivity contribution >= 4 is 27.3 Å². The molecule has 2 aliphatic heterocycles. The third-order valence-electron chi connectivity index (χ3n) is 4.98. The fourth-order valence-electron chi connectivity index (χ4n) is 3.63. The normalized spacial score (nSPS) is 18.9. The number of carbonyl (C=O) groups is 1. The van der Waals surface area contributed by atoms with Gasteiger partial charge in [-0.25, -0.2) is 0 Å². The van der Waals surface area contributed by atoms with Crippen molar-refractivity contribution in [1.82, 2.24) is 4.90 Å². The monoisotopic (exact) mass is 351 g/mol. The molecule has 25 heavy (non-hydrogen) atoms. The summed E-state index contributed by atoms with van der Waals surface area (Å²) in [6.07, 6.45) is 0.982. The van der Waals surface area contributed by atoms with E-state index in [0.717, 1.165) is 46.0 Å². The van der Waals surface area contributed by atoms with Crippen LogP contribution in [0.5, 0.6) is 11.5 Å². The van der Waals surface area contributed by atoms with Gasteiger partial charge in [0.15, 0.2) is 11.5 Å². The van der Waals surface area contributed by atoms with Crippen LogP contribution in [0.4, 0.5) is 0 Å². The molecule has 1 aromatic heterocycles. The summed E-state index contributed by atoms with van der Waals surface area (Å²) in [6, 6.07) is 16.3. The zero-order valence-corrected chi connectivity index (χ0v) is 14.4. The smallest absolute Gasteiger partial charge is 0.263 e. The van der Waals surface area contributed by atoms with Crippen LogP contribution in [0.1, 0.15) is 27.6 Å². The van der Waals surface area contributed by atoms with Crippen molar-refractivity contribution in [2.24, 2.45) is 0 Å². The first kappa shape index (κ1) is 14.8. The molecule has 1 unspecified atom stereocenters. The van der Waals surface area contributed by atoms with E-state index in [1.807, 2.05) is 29.2 Å². The van der Waals surface area contributed by atoms with Gasteiger partial charge < -0.3 is 14.4 Å². The number of amides is 1. The van der Waals surface area contributed by atoms with Gasteiger partial charge >= 0.3 is 0 Å². The maximum atomic E-state index is 12.9. The number of carbonyl (C=O) groups excluding carboxylic acids is 1. The quantitative estimate of drug-likeness (QED) is 0.692. The molecule has 4 nitrogen and oxygen atoms in total. The summed E-state index contributed by atoms with van der Waals surface area (Å²) in [7, 11) is 0. The van der Waals surface area contributed by atoms with Crippen LogP contribution in [0, 0.1) is 0 Å². The minimum atomic E-state index is 0.143. The van der Waals surface area contributed by atoms with Crippen molar-refractivity contribution in [2.75, 3.05) is 19.9 Å². The van der Waals surface area contributed by atoms with E-state index in [4.69, 9.17) is 9.47 Å². The Labute approximate surface area is 149 Å². The molecule has 2 aromatic carbocycles. The van der Waals surface area contributed by atoms with E-state index in [1.54, 1.807) is 11.3 Å². The molecule has 0 aliphatic carbocycles. The largest absolute Gasteiger partial charge is 0.454 e. The van der Waals surface area contributed by atoms with E-state index in [9.17, 15) is 4.79 Å². The van der Waals surface area contributed by atoms with Crippen LogP contribution in [0.2, 0.25) is 0 Å². The molecule has 1 saturated heterocycles. The molecular formula is C20H17NO3S. The van der Waals surface area contributed by atoms with Gasteiger partial charge in [0, 0.05) is 23.7 Å². The predicted octanol–water partition coefficient (Wildman–Crippen LogP) is 4.26. The number of hydrogen-bond donors (Lipinski definition) is 0. The second kappa shape index (κ2) is 5.77. The molecule has 1 amide bonds. The van der Waals surface area contributed by atoms with Crippen LogP contribution in [-0.2, 0) is 0 Å². The van der Waals surface area contributed by atoms with Gasteiger partial charge in [0.25, 0.3) is 5.91 Å². The van der Waals surface area contributed by atoms with Crippen molar-refractivity contribution in [3.05, 3.63) is 59.0 Å². The molecule has 0 bridgehead atoms. The molecule has 1 fully saturated rings. The highest BCUT2D eigenvalue weighted by Crippen LogP contribution is 2.37. The number of hydrogen-bond acceptors (Lipinski definition) is 4. The summed E-state index contributed by atoms with van der Waals surface area (Å²) in [4.78, 5) is 15.7. The predicted molar refractivity (Wildman–Crippen MR) is 97.7 cm³/mol. The van der Waals surface area contributed by atoms with E-state index >= 15 is 0 Å². The maximum Gasteiger partial charge on any atom is 0.263 e. The average molecular weight is 351 g/mol. The van der Waals surface area contributed by atoms with Crippen molar-refractivity contribution in [2.45, 2.75) is 12.3 Å². The Balaban J connectivity index is 1.35. The first-order valence-electron chi connectivity index (χ1n) is 8.45. The Bertz CT molecular complexity index is 931. The molecule has 1 atom stereocenters. The van der Waals surface area contributed by atoms with Gasteiger partial charge in [0.2, 0.25) is 6.79 Å². The van der Waals surface area contributed by atoms with Crippen LogP contribution in [0.25, 0.3) is 10.1 Å². The molecule has 0 spiro atoms. The van der Waals surface area contributed by atoms with Gasteiger partial charge in [0.05, 0.1) is 4.88 Å². The first-order chi connectivity index (χ1) is 12.3. The Morgan fingerprint density at radius 3 is 2.88 bits per heavy atom. The molecule has 2 aliphatic rings. The topological polar surface area (TPSA) is 38.8 Å². The summed E-state index contributed by atoms with van der Waals surface area (Å²) in [5, 5.41) is 1.14. The van der Waals surface area contributed by atoms with Crippen LogP contribution in [0.3, 0.4) is 0 Å². The summed E-state index contributed by atoms with van der Waals surface area (Å²) >= 11 is 1.58. The van der Waals surface area contributed by atoms with E-state index in [1.165, 1.54) is 5.56 Å². The Morgan fingerprint density at radius 2 is 1.96 bits per heavy atom. The molecular weight excluding hydrogens is 334 g/mol. The van der Waals surface area contributed by atoms with Gasteiger partial charge in [-0.15, -0.1) is 11.3 Å². The van der Waals surface area contributed by atoms with Gasteiger partial charge in [-0.1, -0.05) is 24.3 Å². The second-order valence-electron chi connectivity index (χ2n) is 6.50. The Kier molecular flexibility index (Phi) is 3.41. The van der Waals surface area contributed by atoms with Crippen LogP contribution in [-0.4, -0.2) is 30.7 Å². The van der Waals surface area contributed by atoms with Gasteiger partial charge in [-0.05, 0) is 41.6 Å². The average Bonchev–Trinajstić information content (AvgIpc) is 3.38. The highest BCUT2D eigenvalue weighted by atomic mass is 32.1. The maximum absolute atomic E-state index is 12.9. The van der Waals surface area contributed by atoms with E-state index in [-0.39, 0.29) is 5.91 Å². The number of fused-ring (bicyclic) bond motifs is 2. The van der Waals surface area contributed by atoms with Gasteiger partial charge in [0.1, 0.15) is 0 Å². The van der Waals surface area contributed by atoms with E-state index < -0.39 is 0 Å². The van der Waals surface area contributed by atoms with Crippen LogP contribution >= 0.6 is 11.3 Å². The number of rotatable bonds is 2.